The Bertz CT molecular complexity index is 1540. The molecular weight excluding hydrogens is 486 g/mol. The van der Waals surface area contributed by atoms with Gasteiger partial charge in [0.1, 0.15) is 17.9 Å². The fourth-order valence-electron chi connectivity index (χ4n) is 5.24. The first-order valence-electron chi connectivity index (χ1n) is 13.5. The van der Waals surface area contributed by atoms with Crippen LogP contribution in [0.2, 0.25) is 0 Å². The van der Waals surface area contributed by atoms with Gasteiger partial charge >= 0.3 is 6.03 Å². The summed E-state index contributed by atoms with van der Waals surface area (Å²) in [6, 6.07) is 28.5. The number of carbonyl (C=O) groups is 1. The summed E-state index contributed by atoms with van der Waals surface area (Å²) in [5.74, 6) is 1.52. The van der Waals surface area contributed by atoms with E-state index in [1.165, 1.54) is 19.2 Å². The maximum absolute atomic E-state index is 12.3. The molecule has 7 nitrogen and oxygen atoms in total. The van der Waals surface area contributed by atoms with E-state index in [1.54, 1.807) is 0 Å². The lowest BCUT2D eigenvalue weighted by Crippen LogP contribution is -2.36. The van der Waals surface area contributed by atoms with Crippen molar-refractivity contribution in [2.75, 3.05) is 17.2 Å². The summed E-state index contributed by atoms with van der Waals surface area (Å²) in [7, 11) is 0. The normalized spacial score (nSPS) is 13.4. The molecule has 0 unspecified atom stereocenters. The van der Waals surface area contributed by atoms with Crippen molar-refractivity contribution in [2.24, 2.45) is 0 Å². The zero-order chi connectivity index (χ0) is 26.4. The van der Waals surface area contributed by atoms with Crippen LogP contribution in [-0.2, 0) is 6.42 Å². The summed E-state index contributed by atoms with van der Waals surface area (Å²) in [6.45, 7) is 0.682. The summed E-state index contributed by atoms with van der Waals surface area (Å²) in [5, 5.41) is 10.4. The van der Waals surface area contributed by atoms with Crippen LogP contribution in [-0.4, -0.2) is 28.6 Å². The molecule has 3 aromatic carbocycles. The highest BCUT2D eigenvalue weighted by atomic mass is 16.3. The first-order chi connectivity index (χ1) is 19.2. The molecule has 7 heteroatoms. The SMILES string of the molecule is O=C(Nc1ccc(CCNc2ncnc3oc(-c4ccccc4)c(-c4ccccc4)c23)cc1)NC1CCCC1. The number of hydrogen-bond donors (Lipinski definition) is 3. The third-order valence-electron chi connectivity index (χ3n) is 7.20. The van der Waals surface area contributed by atoms with Crippen LogP contribution in [0.1, 0.15) is 31.2 Å². The molecule has 0 bridgehead atoms. The Kier molecular flexibility index (Phi) is 7.21. The minimum atomic E-state index is -0.131. The summed E-state index contributed by atoms with van der Waals surface area (Å²) >= 11 is 0. The summed E-state index contributed by atoms with van der Waals surface area (Å²) in [5.41, 5.74) is 5.52. The molecule has 5 aromatic rings. The Morgan fingerprint density at radius 1 is 0.846 bits per heavy atom. The molecule has 1 saturated carbocycles. The van der Waals surface area contributed by atoms with E-state index in [0.29, 0.717) is 18.3 Å². The van der Waals surface area contributed by atoms with Crippen LogP contribution in [0, 0.1) is 0 Å². The minimum absolute atomic E-state index is 0.131. The van der Waals surface area contributed by atoms with Crippen LogP contribution >= 0.6 is 0 Å². The van der Waals surface area contributed by atoms with Crippen molar-refractivity contribution in [1.29, 1.82) is 0 Å². The topological polar surface area (TPSA) is 92.1 Å². The predicted molar refractivity (Wildman–Crippen MR) is 156 cm³/mol. The number of carbonyl (C=O) groups excluding carboxylic acids is 1. The van der Waals surface area contributed by atoms with Gasteiger partial charge in [0.05, 0.1) is 5.39 Å². The average molecular weight is 518 g/mol. The van der Waals surface area contributed by atoms with Crippen molar-refractivity contribution in [2.45, 2.75) is 38.1 Å². The number of hydrogen-bond acceptors (Lipinski definition) is 5. The quantitative estimate of drug-likeness (QED) is 0.201. The number of anilines is 2. The van der Waals surface area contributed by atoms with Crippen molar-refractivity contribution in [3.63, 3.8) is 0 Å². The number of benzene rings is 3. The molecular formula is C32H31N5O2. The zero-order valence-electron chi connectivity index (χ0n) is 21.7. The van der Waals surface area contributed by atoms with Gasteiger partial charge < -0.3 is 20.4 Å². The van der Waals surface area contributed by atoms with Crippen molar-refractivity contribution in [1.82, 2.24) is 15.3 Å². The number of amides is 2. The Morgan fingerprint density at radius 2 is 1.54 bits per heavy atom. The van der Waals surface area contributed by atoms with Gasteiger partial charge in [-0.15, -0.1) is 0 Å². The first-order valence-corrected chi connectivity index (χ1v) is 13.5. The third-order valence-corrected chi connectivity index (χ3v) is 7.20. The number of urea groups is 1. The lowest BCUT2D eigenvalue weighted by Gasteiger charge is -2.13. The van der Waals surface area contributed by atoms with Crippen LogP contribution in [0.4, 0.5) is 16.3 Å². The summed E-state index contributed by atoms with van der Waals surface area (Å²) < 4.78 is 6.30. The average Bonchev–Trinajstić information content (AvgIpc) is 3.63. The maximum atomic E-state index is 12.3. The molecule has 0 aliphatic heterocycles. The second kappa shape index (κ2) is 11.4. The number of furan rings is 1. The van der Waals surface area contributed by atoms with Gasteiger partial charge in [-0.1, -0.05) is 85.6 Å². The number of aromatic nitrogens is 2. The second-order valence-corrected chi connectivity index (χ2v) is 9.89. The van der Waals surface area contributed by atoms with E-state index in [9.17, 15) is 4.79 Å². The molecule has 2 heterocycles. The molecule has 0 atom stereocenters. The number of rotatable bonds is 8. The molecule has 1 aliphatic rings. The Hall–Kier alpha value is -4.65. The molecule has 2 amide bonds. The van der Waals surface area contributed by atoms with E-state index >= 15 is 0 Å². The van der Waals surface area contributed by atoms with Crippen molar-refractivity contribution in [3.8, 4) is 22.5 Å². The van der Waals surface area contributed by atoms with Crippen molar-refractivity contribution < 1.29 is 9.21 Å². The lowest BCUT2D eigenvalue weighted by atomic mass is 9.99. The molecule has 1 fully saturated rings. The molecule has 6 rings (SSSR count). The second-order valence-electron chi connectivity index (χ2n) is 9.89. The third kappa shape index (κ3) is 5.62. The molecule has 2 aromatic heterocycles. The highest BCUT2D eigenvalue weighted by Gasteiger charge is 2.22. The Labute approximate surface area is 227 Å². The fraction of sp³-hybridized carbons (Fsp3) is 0.219. The van der Waals surface area contributed by atoms with Crippen molar-refractivity contribution in [3.05, 3.63) is 96.8 Å². The largest absolute Gasteiger partial charge is 0.437 e. The van der Waals surface area contributed by atoms with E-state index in [-0.39, 0.29) is 6.03 Å². The van der Waals surface area contributed by atoms with E-state index in [0.717, 1.165) is 64.2 Å². The fourth-order valence-corrected chi connectivity index (χ4v) is 5.24. The van der Waals surface area contributed by atoms with Crippen LogP contribution in [0.5, 0.6) is 0 Å². The van der Waals surface area contributed by atoms with Gasteiger partial charge in [0.15, 0.2) is 0 Å². The van der Waals surface area contributed by atoms with Gasteiger partial charge in [-0.3, -0.25) is 0 Å². The number of nitrogens with one attached hydrogen (secondary N) is 3. The van der Waals surface area contributed by atoms with E-state index in [1.807, 2.05) is 72.8 Å². The maximum Gasteiger partial charge on any atom is 0.319 e. The van der Waals surface area contributed by atoms with Crippen molar-refractivity contribution >= 4 is 28.6 Å². The van der Waals surface area contributed by atoms with Crippen LogP contribution < -0.4 is 16.0 Å². The van der Waals surface area contributed by atoms with Gasteiger partial charge in [-0.2, -0.15) is 0 Å². The van der Waals surface area contributed by atoms with Gasteiger partial charge in [-0.05, 0) is 42.5 Å². The highest BCUT2D eigenvalue weighted by molar-refractivity contribution is 6.05. The zero-order valence-corrected chi connectivity index (χ0v) is 21.7. The molecule has 1 aliphatic carbocycles. The van der Waals surface area contributed by atoms with Gasteiger partial charge in [0.25, 0.3) is 0 Å². The predicted octanol–water partition coefficient (Wildman–Crippen LogP) is 7.28. The Balaban J connectivity index is 1.18. The van der Waals surface area contributed by atoms with E-state index in [4.69, 9.17) is 4.42 Å². The molecule has 0 saturated heterocycles. The standard InChI is InChI=1S/C32H31N5O2/c38-32(36-25-13-7-8-14-25)37-26-17-15-22(16-18-26)19-20-33-30-28-27(23-9-3-1-4-10-23)29(24-11-5-2-6-12-24)39-31(28)35-21-34-30/h1-6,9-12,15-18,21,25H,7-8,13-14,19-20H2,(H,33,34,35)(H2,36,37,38). The monoisotopic (exact) mass is 517 g/mol. The summed E-state index contributed by atoms with van der Waals surface area (Å²) in [4.78, 5) is 21.3. The van der Waals surface area contributed by atoms with E-state index in [2.05, 4.69) is 38.1 Å². The number of nitrogens with zero attached hydrogens (tertiary/aromatic N) is 2. The molecule has 0 radical (unpaired) electrons. The smallest absolute Gasteiger partial charge is 0.319 e. The number of fused-ring (bicyclic) bond motifs is 1. The van der Waals surface area contributed by atoms with Crippen LogP contribution in [0.15, 0.2) is 95.7 Å². The highest BCUT2D eigenvalue weighted by Crippen LogP contribution is 2.42. The van der Waals surface area contributed by atoms with Gasteiger partial charge in [-0.25, -0.2) is 14.8 Å². The molecule has 196 valence electrons. The molecule has 39 heavy (non-hydrogen) atoms. The first kappa shape index (κ1) is 24.7. The molecule has 0 spiro atoms. The van der Waals surface area contributed by atoms with E-state index < -0.39 is 0 Å². The Morgan fingerprint density at radius 3 is 2.26 bits per heavy atom. The van der Waals surface area contributed by atoms with Crippen LogP contribution in [0.25, 0.3) is 33.6 Å². The summed E-state index contributed by atoms with van der Waals surface area (Å²) in [6.07, 6.45) is 6.85. The van der Waals surface area contributed by atoms with Gasteiger partial charge in [0, 0.05) is 29.4 Å². The minimum Gasteiger partial charge on any atom is -0.437 e. The lowest BCUT2D eigenvalue weighted by molar-refractivity contribution is 0.248. The van der Waals surface area contributed by atoms with Gasteiger partial charge in [0.2, 0.25) is 5.71 Å². The molecule has 3 N–H and O–H groups in total. The van der Waals surface area contributed by atoms with Crippen LogP contribution in [0.3, 0.4) is 0 Å².